The molecule has 1 saturated heterocycles. The topological polar surface area (TPSA) is 70.3 Å². The summed E-state index contributed by atoms with van der Waals surface area (Å²) in [5.41, 5.74) is 5.79. The van der Waals surface area contributed by atoms with Gasteiger partial charge in [-0.25, -0.2) is 4.98 Å². The summed E-state index contributed by atoms with van der Waals surface area (Å²) in [5, 5.41) is 0. The van der Waals surface area contributed by atoms with Crippen LogP contribution in [0.1, 0.15) is 45.9 Å². The zero-order chi connectivity index (χ0) is 13.8. The molecule has 5 nitrogen and oxygen atoms in total. The first-order valence-electron chi connectivity index (χ1n) is 7.02. The Hall–Kier alpha value is -1.36. The van der Waals surface area contributed by atoms with Crippen molar-refractivity contribution in [2.24, 2.45) is 0 Å². The van der Waals surface area contributed by atoms with E-state index in [9.17, 15) is 0 Å². The second-order valence-corrected chi connectivity index (χ2v) is 5.27. The largest absolute Gasteiger partial charge is 0.474 e. The normalized spacial score (nSPS) is 27.2. The number of nitrogens with zero attached hydrogens (tertiary/aromatic N) is 2. The zero-order valence-corrected chi connectivity index (χ0v) is 11.9. The molecule has 0 bridgehead atoms. The number of ether oxygens (including phenoxy) is 2. The standard InChI is InChI=1S/C14H23N3O2/c1-4-5-13-16-12(15)8-14(17-13)19-11-6-9(2)18-10(3)7-11/h8-11H,4-7H2,1-3H3,(H2,15,16,17). The molecule has 2 heterocycles. The van der Waals surface area contributed by atoms with Gasteiger partial charge in [0.1, 0.15) is 17.7 Å². The lowest BCUT2D eigenvalue weighted by atomic mass is 10.0. The van der Waals surface area contributed by atoms with Crippen LogP contribution in [-0.4, -0.2) is 28.3 Å². The highest BCUT2D eigenvalue weighted by Crippen LogP contribution is 2.24. The smallest absolute Gasteiger partial charge is 0.218 e. The second kappa shape index (κ2) is 6.19. The minimum atomic E-state index is 0.141. The number of hydrogen-bond acceptors (Lipinski definition) is 5. The molecule has 1 aliphatic heterocycles. The molecular formula is C14H23N3O2. The van der Waals surface area contributed by atoms with E-state index in [0.717, 1.165) is 31.5 Å². The average molecular weight is 265 g/mol. The number of nitrogens with two attached hydrogens (primary N) is 1. The molecule has 0 saturated carbocycles. The van der Waals surface area contributed by atoms with Crippen molar-refractivity contribution in [2.45, 2.75) is 64.8 Å². The number of nitrogen functional groups attached to an aromatic ring is 1. The van der Waals surface area contributed by atoms with Crippen LogP contribution < -0.4 is 10.5 Å². The van der Waals surface area contributed by atoms with Gasteiger partial charge < -0.3 is 15.2 Å². The third-order valence-corrected chi connectivity index (χ3v) is 3.18. The summed E-state index contributed by atoms with van der Waals surface area (Å²) in [4.78, 5) is 8.62. The molecule has 0 radical (unpaired) electrons. The Morgan fingerprint density at radius 3 is 2.63 bits per heavy atom. The lowest BCUT2D eigenvalue weighted by Gasteiger charge is -2.31. The molecule has 1 fully saturated rings. The third-order valence-electron chi connectivity index (χ3n) is 3.18. The minimum absolute atomic E-state index is 0.141. The number of anilines is 1. The Labute approximate surface area is 114 Å². The van der Waals surface area contributed by atoms with Gasteiger partial charge in [-0.15, -0.1) is 0 Å². The number of aromatic nitrogens is 2. The monoisotopic (exact) mass is 265 g/mol. The minimum Gasteiger partial charge on any atom is -0.474 e. The first kappa shape index (κ1) is 14.1. The first-order valence-corrected chi connectivity index (χ1v) is 7.02. The molecule has 0 aromatic carbocycles. The molecule has 2 rings (SSSR count). The van der Waals surface area contributed by atoms with Gasteiger partial charge in [0.2, 0.25) is 5.88 Å². The van der Waals surface area contributed by atoms with Gasteiger partial charge in [0.25, 0.3) is 0 Å². The van der Waals surface area contributed by atoms with Crippen LogP contribution in [0.2, 0.25) is 0 Å². The Morgan fingerprint density at radius 2 is 2.00 bits per heavy atom. The molecule has 19 heavy (non-hydrogen) atoms. The Morgan fingerprint density at radius 1 is 1.32 bits per heavy atom. The second-order valence-electron chi connectivity index (χ2n) is 5.27. The predicted molar refractivity (Wildman–Crippen MR) is 74.1 cm³/mol. The van der Waals surface area contributed by atoms with Crippen LogP contribution >= 0.6 is 0 Å². The van der Waals surface area contributed by atoms with E-state index in [1.807, 2.05) is 0 Å². The first-order chi connectivity index (χ1) is 9.06. The van der Waals surface area contributed by atoms with Gasteiger partial charge in [-0.3, -0.25) is 0 Å². The summed E-state index contributed by atoms with van der Waals surface area (Å²) < 4.78 is 11.7. The number of rotatable bonds is 4. The van der Waals surface area contributed by atoms with Crippen molar-refractivity contribution in [3.05, 3.63) is 11.9 Å². The van der Waals surface area contributed by atoms with Gasteiger partial charge in [0, 0.05) is 25.3 Å². The summed E-state index contributed by atoms with van der Waals surface area (Å²) in [5.74, 6) is 1.81. The molecule has 0 amide bonds. The van der Waals surface area contributed by atoms with Crippen LogP contribution in [0.3, 0.4) is 0 Å². The van der Waals surface area contributed by atoms with Crippen LogP contribution in [-0.2, 0) is 11.2 Å². The van der Waals surface area contributed by atoms with E-state index >= 15 is 0 Å². The van der Waals surface area contributed by atoms with Crippen molar-refractivity contribution in [1.29, 1.82) is 0 Å². The fraction of sp³-hybridized carbons (Fsp3) is 0.714. The van der Waals surface area contributed by atoms with Crippen LogP contribution in [0.15, 0.2) is 6.07 Å². The summed E-state index contributed by atoms with van der Waals surface area (Å²) in [6, 6.07) is 1.70. The van der Waals surface area contributed by atoms with Crippen LogP contribution in [0.5, 0.6) is 5.88 Å². The average Bonchev–Trinajstić information content (AvgIpc) is 2.26. The summed E-state index contributed by atoms with van der Waals surface area (Å²) in [6.07, 6.45) is 4.18. The molecular weight excluding hydrogens is 242 g/mol. The summed E-state index contributed by atoms with van der Waals surface area (Å²) in [6.45, 7) is 6.24. The predicted octanol–water partition coefficient (Wildman–Crippen LogP) is 2.35. The van der Waals surface area contributed by atoms with Crippen molar-refractivity contribution in [1.82, 2.24) is 9.97 Å². The number of hydrogen-bond donors (Lipinski definition) is 1. The SMILES string of the molecule is CCCc1nc(N)cc(OC2CC(C)OC(C)C2)n1. The van der Waals surface area contributed by atoms with Gasteiger partial charge in [-0.05, 0) is 20.3 Å². The molecule has 5 heteroatoms. The maximum Gasteiger partial charge on any atom is 0.218 e. The van der Waals surface area contributed by atoms with Crippen molar-refractivity contribution < 1.29 is 9.47 Å². The van der Waals surface area contributed by atoms with E-state index in [2.05, 4.69) is 30.7 Å². The van der Waals surface area contributed by atoms with Crippen molar-refractivity contribution >= 4 is 5.82 Å². The van der Waals surface area contributed by atoms with Crippen molar-refractivity contribution in [3.8, 4) is 5.88 Å². The maximum atomic E-state index is 5.95. The van der Waals surface area contributed by atoms with Gasteiger partial charge in [-0.1, -0.05) is 6.92 Å². The molecule has 2 atom stereocenters. The molecule has 2 N–H and O–H groups in total. The Bertz CT molecular complexity index is 415. The highest BCUT2D eigenvalue weighted by molar-refractivity contribution is 5.33. The molecule has 0 spiro atoms. The molecule has 1 aliphatic rings. The Balaban J connectivity index is 2.05. The molecule has 1 aromatic rings. The fourth-order valence-electron chi connectivity index (χ4n) is 2.50. The molecule has 0 aliphatic carbocycles. The van der Waals surface area contributed by atoms with Crippen molar-refractivity contribution in [2.75, 3.05) is 5.73 Å². The summed E-state index contributed by atoms with van der Waals surface area (Å²) in [7, 11) is 0. The van der Waals surface area contributed by atoms with Crippen LogP contribution in [0.4, 0.5) is 5.82 Å². The number of aryl methyl sites for hydroxylation is 1. The van der Waals surface area contributed by atoms with Gasteiger partial charge in [0.05, 0.1) is 12.2 Å². The Kier molecular flexibility index (Phi) is 4.58. The highest BCUT2D eigenvalue weighted by Gasteiger charge is 2.26. The van der Waals surface area contributed by atoms with E-state index in [0.29, 0.717) is 11.7 Å². The molecule has 2 unspecified atom stereocenters. The molecule has 106 valence electrons. The summed E-state index contributed by atoms with van der Waals surface area (Å²) >= 11 is 0. The van der Waals surface area contributed by atoms with Gasteiger partial charge in [0.15, 0.2) is 0 Å². The van der Waals surface area contributed by atoms with Crippen LogP contribution in [0, 0.1) is 0 Å². The highest BCUT2D eigenvalue weighted by atomic mass is 16.5. The van der Waals surface area contributed by atoms with E-state index in [-0.39, 0.29) is 18.3 Å². The molecule has 1 aromatic heterocycles. The fourth-order valence-corrected chi connectivity index (χ4v) is 2.50. The lowest BCUT2D eigenvalue weighted by molar-refractivity contribution is -0.0730. The van der Waals surface area contributed by atoms with Crippen LogP contribution in [0.25, 0.3) is 0 Å². The van der Waals surface area contributed by atoms with Gasteiger partial charge in [-0.2, -0.15) is 4.98 Å². The van der Waals surface area contributed by atoms with Gasteiger partial charge >= 0.3 is 0 Å². The van der Waals surface area contributed by atoms with E-state index in [4.69, 9.17) is 15.2 Å². The lowest BCUT2D eigenvalue weighted by Crippen LogP contribution is -2.35. The zero-order valence-electron chi connectivity index (χ0n) is 11.9. The third kappa shape index (κ3) is 4.06. The van der Waals surface area contributed by atoms with Crippen molar-refractivity contribution in [3.63, 3.8) is 0 Å². The van der Waals surface area contributed by atoms with E-state index in [1.165, 1.54) is 0 Å². The quantitative estimate of drug-likeness (QED) is 0.904. The van der Waals surface area contributed by atoms with E-state index < -0.39 is 0 Å². The van der Waals surface area contributed by atoms with E-state index in [1.54, 1.807) is 6.07 Å². The maximum absolute atomic E-state index is 5.95.